The Balaban J connectivity index is 1.34. The molecule has 2 fully saturated rings. The van der Waals surface area contributed by atoms with Crippen molar-refractivity contribution in [2.24, 2.45) is 0 Å². The van der Waals surface area contributed by atoms with Gasteiger partial charge in [0, 0.05) is 51.0 Å². The first-order chi connectivity index (χ1) is 21.3. The molecule has 0 atom stereocenters. The van der Waals surface area contributed by atoms with Crippen molar-refractivity contribution < 1.29 is 32.1 Å². The van der Waals surface area contributed by atoms with Crippen LogP contribution in [-0.2, 0) is 11.2 Å². The number of methoxy groups -OCH3 is 1. The molecule has 4 N–H and O–H groups in total. The zero-order chi connectivity index (χ0) is 31.1. The highest BCUT2D eigenvalue weighted by Gasteiger charge is 2.33. The molecule has 0 bridgehead atoms. The Morgan fingerprint density at radius 2 is 1.84 bits per heavy atom. The average molecular weight is 635 g/mol. The van der Waals surface area contributed by atoms with Crippen LogP contribution in [-0.4, -0.2) is 81.4 Å². The molecule has 0 amide bonds. The van der Waals surface area contributed by atoms with Crippen LogP contribution in [0.15, 0.2) is 30.3 Å². The zero-order valence-corrected chi connectivity index (χ0v) is 25.5. The quantitative estimate of drug-likeness (QED) is 0.103. The molecule has 44 heavy (non-hydrogen) atoms. The molecule has 7 nitrogen and oxygen atoms in total. The molecule has 2 aliphatic rings. The fraction of sp³-hybridized carbons (Fsp3) is 0.500. The summed E-state index contributed by atoms with van der Waals surface area (Å²) in [6, 6.07) is 9.21. The summed E-state index contributed by atoms with van der Waals surface area (Å²) >= 11 is 1.27. The van der Waals surface area contributed by atoms with Gasteiger partial charge >= 0.3 is 6.18 Å². The summed E-state index contributed by atoms with van der Waals surface area (Å²) < 4.78 is 67.3. The van der Waals surface area contributed by atoms with E-state index in [0.717, 1.165) is 42.4 Å². The van der Waals surface area contributed by atoms with Crippen LogP contribution in [0, 0.1) is 17.7 Å². The van der Waals surface area contributed by atoms with E-state index in [2.05, 4.69) is 32.7 Å². The van der Waals surface area contributed by atoms with Crippen LogP contribution >= 0.6 is 11.3 Å². The Morgan fingerprint density at radius 1 is 1.05 bits per heavy atom. The average Bonchev–Trinajstić information content (AvgIpc) is 3.79. The van der Waals surface area contributed by atoms with Gasteiger partial charge in [-0.05, 0) is 42.7 Å². The summed E-state index contributed by atoms with van der Waals surface area (Å²) in [5.41, 5.74) is 1.53. The number of piperidine rings is 1. The van der Waals surface area contributed by atoms with Crippen LogP contribution in [0.4, 0.5) is 34.6 Å². The Labute approximate surface area is 258 Å². The number of likely N-dealkylation sites (tertiary alicyclic amines) is 1. The maximum absolute atomic E-state index is 14.7. The summed E-state index contributed by atoms with van der Waals surface area (Å²) in [5.74, 6) is 5.68. The highest BCUT2D eigenvalue weighted by Crippen LogP contribution is 2.40. The van der Waals surface area contributed by atoms with Crippen molar-refractivity contribution in [3.8, 4) is 17.6 Å². The molecule has 1 aliphatic heterocycles. The van der Waals surface area contributed by atoms with Crippen LogP contribution in [0.1, 0.15) is 36.1 Å². The van der Waals surface area contributed by atoms with Gasteiger partial charge in [-0.2, -0.15) is 13.2 Å². The molecule has 1 saturated carbocycles. The number of nitrogens with zero attached hydrogens (tertiary/aromatic N) is 1. The number of fused-ring (bicyclic) bond motifs is 1. The molecule has 3 aromatic rings. The molecule has 238 valence electrons. The number of alkyl halides is 3. The third-order valence-electron chi connectivity index (χ3n) is 7.76. The fourth-order valence-corrected chi connectivity index (χ4v) is 6.64. The van der Waals surface area contributed by atoms with Crippen LogP contribution in [0.3, 0.4) is 0 Å². The lowest BCUT2D eigenvalue weighted by Gasteiger charge is -2.33. The first kappa shape index (κ1) is 32.2. The van der Waals surface area contributed by atoms with Crippen molar-refractivity contribution in [3.63, 3.8) is 0 Å². The number of anilines is 3. The number of ether oxygens (including phenoxy) is 2. The van der Waals surface area contributed by atoms with Crippen molar-refractivity contribution in [2.75, 3.05) is 69.1 Å². The number of aliphatic hydroxyl groups excluding tert-OH is 1. The van der Waals surface area contributed by atoms with Gasteiger partial charge in [0.05, 0.1) is 52.8 Å². The van der Waals surface area contributed by atoms with E-state index in [-0.39, 0.29) is 43.6 Å². The van der Waals surface area contributed by atoms with Crippen LogP contribution in [0.2, 0.25) is 0 Å². The van der Waals surface area contributed by atoms with Crippen LogP contribution < -0.4 is 20.7 Å². The number of hydrogen-bond acceptors (Lipinski definition) is 8. The van der Waals surface area contributed by atoms with Gasteiger partial charge < -0.3 is 35.4 Å². The SMILES string of the molecule is COCCOc1cc(NCCO)c(F)cc1NCC#Cc1sc2c(NC3CCN(C4CC4)CC3)cccc2c1CC(F)(F)F. The van der Waals surface area contributed by atoms with Crippen molar-refractivity contribution in [3.05, 3.63) is 46.6 Å². The summed E-state index contributed by atoms with van der Waals surface area (Å²) in [6.45, 7) is 2.67. The molecular weight excluding hydrogens is 596 g/mol. The molecule has 0 radical (unpaired) electrons. The van der Waals surface area contributed by atoms with Gasteiger partial charge in [0.25, 0.3) is 0 Å². The highest BCUT2D eigenvalue weighted by atomic mass is 32.1. The Bertz CT molecular complexity index is 1470. The Hall–Kier alpha value is -3.24. The standard InChI is InChI=1S/C32H38F4N4O3S/c1-42-16-17-43-29-19-27(38-12-15-41)25(33)18-28(29)37-11-3-6-30-24(20-32(34,35)36)23-4-2-5-26(31(23)44-30)39-21-9-13-40(14-10-21)22-7-8-22/h2,4-5,18-19,21-22,37-39,41H,7-17,20H2,1H3. The van der Waals surface area contributed by atoms with Crippen molar-refractivity contribution >= 4 is 38.5 Å². The lowest BCUT2D eigenvalue weighted by molar-refractivity contribution is -0.126. The maximum Gasteiger partial charge on any atom is 0.393 e. The third-order valence-corrected chi connectivity index (χ3v) is 8.96. The lowest BCUT2D eigenvalue weighted by atomic mass is 10.0. The molecule has 2 aromatic carbocycles. The van der Waals surface area contributed by atoms with E-state index in [9.17, 15) is 17.6 Å². The van der Waals surface area contributed by atoms with E-state index in [4.69, 9.17) is 14.6 Å². The highest BCUT2D eigenvalue weighted by molar-refractivity contribution is 7.20. The van der Waals surface area contributed by atoms with E-state index >= 15 is 0 Å². The number of halogens is 4. The van der Waals surface area contributed by atoms with Crippen LogP contribution in [0.5, 0.6) is 5.75 Å². The monoisotopic (exact) mass is 634 g/mol. The number of benzene rings is 2. The van der Waals surface area contributed by atoms with Gasteiger partial charge in [-0.1, -0.05) is 24.0 Å². The molecule has 12 heteroatoms. The lowest BCUT2D eigenvalue weighted by Crippen LogP contribution is -2.40. The van der Waals surface area contributed by atoms with Crippen LogP contribution in [0.25, 0.3) is 10.1 Å². The summed E-state index contributed by atoms with van der Waals surface area (Å²) in [5, 5.41) is 19.1. The number of aliphatic hydroxyl groups is 1. The number of nitrogens with one attached hydrogen (secondary N) is 3. The van der Waals surface area contributed by atoms with Gasteiger partial charge in [0.1, 0.15) is 18.2 Å². The molecule has 0 unspecified atom stereocenters. The maximum atomic E-state index is 14.7. The molecule has 0 spiro atoms. The number of rotatable bonds is 13. The van der Waals surface area contributed by atoms with Gasteiger partial charge in [-0.25, -0.2) is 4.39 Å². The first-order valence-electron chi connectivity index (χ1n) is 14.9. The third kappa shape index (κ3) is 8.47. The van der Waals surface area contributed by atoms with E-state index in [1.807, 2.05) is 6.07 Å². The smallest absolute Gasteiger partial charge is 0.393 e. The van der Waals surface area contributed by atoms with E-state index in [0.29, 0.717) is 28.3 Å². The second-order valence-electron chi connectivity index (χ2n) is 11.0. The fourth-order valence-electron chi connectivity index (χ4n) is 5.47. The topological polar surface area (TPSA) is 78.0 Å². The normalized spacial score (nSPS) is 16.0. The minimum atomic E-state index is -4.39. The van der Waals surface area contributed by atoms with Gasteiger partial charge in [-0.3, -0.25) is 0 Å². The number of thiophene rings is 1. The molecule has 2 heterocycles. The summed E-state index contributed by atoms with van der Waals surface area (Å²) in [6.07, 6.45) is -0.894. The zero-order valence-electron chi connectivity index (χ0n) is 24.7. The van der Waals surface area contributed by atoms with Gasteiger partial charge in [0.2, 0.25) is 0 Å². The van der Waals surface area contributed by atoms with Gasteiger partial charge in [-0.15, -0.1) is 11.3 Å². The van der Waals surface area contributed by atoms with Crippen molar-refractivity contribution in [2.45, 2.75) is 50.4 Å². The first-order valence-corrected chi connectivity index (χ1v) is 15.7. The second kappa shape index (κ2) is 14.7. The summed E-state index contributed by atoms with van der Waals surface area (Å²) in [7, 11) is 1.54. The predicted molar refractivity (Wildman–Crippen MR) is 168 cm³/mol. The minimum absolute atomic E-state index is 0.0495. The molecule has 1 aromatic heterocycles. The molecular formula is C32H38F4N4O3S. The second-order valence-corrected chi connectivity index (χ2v) is 12.1. The van der Waals surface area contributed by atoms with Gasteiger partial charge in [0.15, 0.2) is 0 Å². The Kier molecular flexibility index (Phi) is 10.7. The van der Waals surface area contributed by atoms with E-state index in [1.165, 1.54) is 43.4 Å². The molecule has 5 rings (SSSR count). The van der Waals surface area contributed by atoms with E-state index in [1.54, 1.807) is 12.1 Å². The largest absolute Gasteiger partial charge is 0.489 e. The predicted octanol–water partition coefficient (Wildman–Crippen LogP) is 6.08. The molecule has 1 aliphatic carbocycles. The summed E-state index contributed by atoms with van der Waals surface area (Å²) in [4.78, 5) is 2.90. The van der Waals surface area contributed by atoms with E-state index < -0.39 is 18.4 Å². The Morgan fingerprint density at radius 3 is 2.55 bits per heavy atom. The minimum Gasteiger partial charge on any atom is -0.489 e. The van der Waals surface area contributed by atoms with Crippen molar-refractivity contribution in [1.29, 1.82) is 0 Å². The molecule has 1 saturated heterocycles. The number of hydrogen-bond donors (Lipinski definition) is 4. The van der Waals surface area contributed by atoms with Crippen molar-refractivity contribution in [1.82, 2.24) is 4.90 Å².